The predicted molar refractivity (Wildman–Crippen MR) is 67.3 cm³/mol. The molecule has 0 aromatic heterocycles. The zero-order valence-corrected chi connectivity index (χ0v) is 10.9. The van der Waals surface area contributed by atoms with Crippen LogP contribution >= 0.6 is 0 Å². The summed E-state index contributed by atoms with van der Waals surface area (Å²) >= 11 is 0. The van der Waals surface area contributed by atoms with Crippen molar-refractivity contribution in [2.24, 2.45) is 5.92 Å². The lowest BCUT2D eigenvalue weighted by Crippen LogP contribution is -2.42. The zero-order valence-electron chi connectivity index (χ0n) is 10.9. The molecule has 0 saturated heterocycles. The topological polar surface area (TPSA) is 41.1 Å². The van der Waals surface area contributed by atoms with Crippen molar-refractivity contribution in [3.8, 4) is 0 Å². The van der Waals surface area contributed by atoms with Crippen molar-refractivity contribution in [2.75, 3.05) is 6.54 Å². The molecule has 16 heavy (non-hydrogen) atoms. The molecule has 0 aromatic rings. The van der Waals surface area contributed by atoms with Gasteiger partial charge in [-0.15, -0.1) is 0 Å². The van der Waals surface area contributed by atoms with E-state index < -0.39 is 0 Å². The van der Waals surface area contributed by atoms with Crippen LogP contribution in [0.25, 0.3) is 0 Å². The molecule has 1 rings (SSSR count). The molecule has 0 aliphatic heterocycles. The molecule has 0 bridgehead atoms. The molecule has 1 saturated carbocycles. The summed E-state index contributed by atoms with van der Waals surface area (Å²) in [5, 5.41) is 6.33. The molecule has 0 aromatic carbocycles. The van der Waals surface area contributed by atoms with Gasteiger partial charge in [0.15, 0.2) is 0 Å². The Bertz CT molecular complexity index is 214. The van der Waals surface area contributed by atoms with Gasteiger partial charge in [0.1, 0.15) is 0 Å². The standard InChI is InChI=1S/C13H26N2O/c1-4-10(3)14-9-13(16)15-12(5-2)8-11-6-7-11/h10-12,14H,4-9H2,1-3H3,(H,15,16). The molecule has 94 valence electrons. The van der Waals surface area contributed by atoms with Crippen molar-refractivity contribution in [2.45, 2.75) is 65.0 Å². The van der Waals surface area contributed by atoms with E-state index in [1.54, 1.807) is 0 Å². The van der Waals surface area contributed by atoms with E-state index in [4.69, 9.17) is 0 Å². The van der Waals surface area contributed by atoms with Crippen LogP contribution in [0.4, 0.5) is 0 Å². The summed E-state index contributed by atoms with van der Waals surface area (Å²) in [6.45, 7) is 6.83. The van der Waals surface area contributed by atoms with Crippen molar-refractivity contribution in [1.29, 1.82) is 0 Å². The van der Waals surface area contributed by atoms with E-state index in [1.165, 1.54) is 19.3 Å². The maximum Gasteiger partial charge on any atom is 0.234 e. The van der Waals surface area contributed by atoms with Crippen LogP contribution in [0.3, 0.4) is 0 Å². The Kier molecular flexibility index (Phi) is 5.81. The summed E-state index contributed by atoms with van der Waals surface area (Å²) in [6.07, 6.45) is 6.00. The molecule has 3 heteroatoms. The van der Waals surface area contributed by atoms with Gasteiger partial charge >= 0.3 is 0 Å². The Balaban J connectivity index is 2.14. The molecular formula is C13H26N2O. The summed E-state index contributed by atoms with van der Waals surface area (Å²) in [4.78, 5) is 11.7. The number of nitrogens with one attached hydrogen (secondary N) is 2. The van der Waals surface area contributed by atoms with Gasteiger partial charge in [-0.05, 0) is 32.1 Å². The predicted octanol–water partition coefficient (Wildman–Crippen LogP) is 2.07. The van der Waals surface area contributed by atoms with Gasteiger partial charge in [0.2, 0.25) is 5.91 Å². The van der Waals surface area contributed by atoms with Crippen LogP contribution in [-0.4, -0.2) is 24.5 Å². The van der Waals surface area contributed by atoms with E-state index in [0.717, 1.165) is 18.8 Å². The second-order valence-corrected chi connectivity index (χ2v) is 5.04. The quantitative estimate of drug-likeness (QED) is 0.665. The molecule has 3 nitrogen and oxygen atoms in total. The Morgan fingerprint density at radius 2 is 2.00 bits per heavy atom. The van der Waals surface area contributed by atoms with Gasteiger partial charge in [0.05, 0.1) is 6.54 Å². The zero-order chi connectivity index (χ0) is 12.0. The first kappa shape index (κ1) is 13.5. The number of amides is 1. The smallest absolute Gasteiger partial charge is 0.234 e. The summed E-state index contributed by atoms with van der Waals surface area (Å²) in [6, 6.07) is 0.813. The normalized spacial score (nSPS) is 19.2. The van der Waals surface area contributed by atoms with Gasteiger partial charge in [0, 0.05) is 12.1 Å². The number of hydrogen-bond donors (Lipinski definition) is 2. The Morgan fingerprint density at radius 1 is 1.31 bits per heavy atom. The number of carbonyl (C=O) groups is 1. The Morgan fingerprint density at radius 3 is 2.50 bits per heavy atom. The third kappa shape index (κ3) is 5.50. The highest BCUT2D eigenvalue weighted by Crippen LogP contribution is 2.33. The molecule has 2 unspecified atom stereocenters. The van der Waals surface area contributed by atoms with Crippen molar-refractivity contribution in [3.05, 3.63) is 0 Å². The van der Waals surface area contributed by atoms with Gasteiger partial charge in [-0.1, -0.05) is 26.7 Å². The summed E-state index contributed by atoms with van der Waals surface area (Å²) in [5.41, 5.74) is 0. The number of hydrogen-bond acceptors (Lipinski definition) is 2. The average Bonchev–Trinajstić information content (AvgIpc) is 3.08. The van der Waals surface area contributed by atoms with Gasteiger partial charge in [-0.3, -0.25) is 4.79 Å². The minimum Gasteiger partial charge on any atom is -0.352 e. The molecule has 0 radical (unpaired) electrons. The Hall–Kier alpha value is -0.570. The first-order valence-electron chi connectivity index (χ1n) is 6.68. The Labute approximate surface area is 99.4 Å². The third-order valence-electron chi connectivity index (χ3n) is 3.40. The highest BCUT2D eigenvalue weighted by molar-refractivity contribution is 5.78. The van der Waals surface area contributed by atoms with Crippen molar-refractivity contribution in [3.63, 3.8) is 0 Å². The van der Waals surface area contributed by atoms with E-state index in [2.05, 4.69) is 31.4 Å². The summed E-state index contributed by atoms with van der Waals surface area (Å²) in [5.74, 6) is 1.03. The van der Waals surface area contributed by atoms with Crippen LogP contribution in [0.5, 0.6) is 0 Å². The highest BCUT2D eigenvalue weighted by Gasteiger charge is 2.25. The number of rotatable bonds is 8. The monoisotopic (exact) mass is 226 g/mol. The van der Waals surface area contributed by atoms with E-state index in [9.17, 15) is 4.79 Å². The maximum atomic E-state index is 11.7. The van der Waals surface area contributed by atoms with E-state index in [-0.39, 0.29) is 5.91 Å². The van der Waals surface area contributed by atoms with Crippen LogP contribution in [0, 0.1) is 5.92 Å². The van der Waals surface area contributed by atoms with Crippen LogP contribution < -0.4 is 10.6 Å². The first-order chi connectivity index (χ1) is 7.65. The van der Waals surface area contributed by atoms with Gasteiger partial charge in [-0.25, -0.2) is 0 Å². The third-order valence-corrected chi connectivity index (χ3v) is 3.40. The van der Waals surface area contributed by atoms with Crippen LogP contribution in [0.15, 0.2) is 0 Å². The fourth-order valence-electron chi connectivity index (χ4n) is 1.77. The van der Waals surface area contributed by atoms with E-state index in [1.807, 2.05) is 0 Å². The SMILES string of the molecule is CCC(C)NCC(=O)NC(CC)CC1CC1. The molecule has 2 N–H and O–H groups in total. The van der Waals surface area contributed by atoms with Gasteiger partial charge < -0.3 is 10.6 Å². The highest BCUT2D eigenvalue weighted by atomic mass is 16.1. The minimum atomic E-state index is 0.146. The molecule has 1 fully saturated rings. The maximum absolute atomic E-state index is 11.7. The van der Waals surface area contributed by atoms with Gasteiger partial charge in [0.25, 0.3) is 0 Å². The number of carbonyl (C=O) groups excluding carboxylic acids is 1. The second kappa shape index (κ2) is 6.89. The van der Waals surface area contributed by atoms with Gasteiger partial charge in [-0.2, -0.15) is 0 Å². The van der Waals surface area contributed by atoms with Crippen molar-refractivity contribution in [1.82, 2.24) is 10.6 Å². The lowest BCUT2D eigenvalue weighted by Gasteiger charge is -2.18. The van der Waals surface area contributed by atoms with Crippen molar-refractivity contribution >= 4 is 5.91 Å². The average molecular weight is 226 g/mol. The minimum absolute atomic E-state index is 0.146. The molecule has 0 spiro atoms. The molecule has 0 heterocycles. The summed E-state index contributed by atoms with van der Waals surface area (Å²) in [7, 11) is 0. The molecular weight excluding hydrogens is 200 g/mol. The lowest BCUT2D eigenvalue weighted by atomic mass is 10.1. The molecule has 1 aliphatic rings. The van der Waals surface area contributed by atoms with Crippen LogP contribution in [-0.2, 0) is 4.79 Å². The molecule has 1 aliphatic carbocycles. The fourth-order valence-corrected chi connectivity index (χ4v) is 1.77. The van der Waals surface area contributed by atoms with Crippen molar-refractivity contribution < 1.29 is 4.79 Å². The van der Waals surface area contributed by atoms with Crippen LogP contribution in [0.1, 0.15) is 52.9 Å². The van der Waals surface area contributed by atoms with Crippen LogP contribution in [0.2, 0.25) is 0 Å². The second-order valence-electron chi connectivity index (χ2n) is 5.04. The van der Waals surface area contributed by atoms with E-state index >= 15 is 0 Å². The lowest BCUT2D eigenvalue weighted by molar-refractivity contribution is -0.121. The van der Waals surface area contributed by atoms with E-state index in [0.29, 0.717) is 18.6 Å². The molecule has 1 amide bonds. The fraction of sp³-hybridized carbons (Fsp3) is 0.923. The first-order valence-corrected chi connectivity index (χ1v) is 6.68. The summed E-state index contributed by atoms with van der Waals surface area (Å²) < 4.78 is 0. The largest absolute Gasteiger partial charge is 0.352 e. The molecule has 2 atom stereocenters.